The van der Waals surface area contributed by atoms with E-state index in [9.17, 15) is 19.1 Å². The number of Topliss-reactive ketones (excluding diaryl/α,β-unsaturated/α-hetero) is 1. The van der Waals surface area contributed by atoms with E-state index in [0.717, 1.165) is 6.54 Å². The third-order valence-electron chi connectivity index (χ3n) is 4.73. The number of pyridine rings is 1. The predicted molar refractivity (Wildman–Crippen MR) is 102 cm³/mol. The number of halogens is 1. The van der Waals surface area contributed by atoms with Gasteiger partial charge in [-0.2, -0.15) is 0 Å². The van der Waals surface area contributed by atoms with Crippen LogP contribution in [0.3, 0.4) is 0 Å². The van der Waals surface area contributed by atoms with Gasteiger partial charge in [-0.05, 0) is 35.9 Å². The Hall–Kier alpha value is -3.06. The number of amides is 1. The molecule has 1 saturated heterocycles. The highest BCUT2D eigenvalue weighted by Gasteiger charge is 2.45. The molecule has 2 heterocycles. The summed E-state index contributed by atoms with van der Waals surface area (Å²) in [5, 5.41) is 10.8. The predicted octanol–water partition coefficient (Wildman–Crippen LogP) is 1.18. The van der Waals surface area contributed by atoms with Gasteiger partial charge in [0.05, 0.1) is 32.3 Å². The molecule has 0 spiro atoms. The standard InChI is InChI=1S/C21H22FN3O3/c1-24(2)11-4-12-25-18(15-5-3-10-23-13-15)17(20(27)21(25)28)19(26)14-6-8-16(22)9-7-14/h3,5-10,13,18,26H,4,11-12H2,1-2H3/p+1/t18-/m1/s1. The summed E-state index contributed by atoms with van der Waals surface area (Å²) in [4.78, 5) is 32.3. The first-order valence-electron chi connectivity index (χ1n) is 9.13. The Morgan fingerprint density at radius 2 is 1.93 bits per heavy atom. The van der Waals surface area contributed by atoms with Crippen LogP contribution in [0.1, 0.15) is 23.6 Å². The lowest BCUT2D eigenvalue weighted by Gasteiger charge is -2.25. The first kappa shape index (κ1) is 19.7. The van der Waals surface area contributed by atoms with Crippen LogP contribution < -0.4 is 4.90 Å². The van der Waals surface area contributed by atoms with Gasteiger partial charge < -0.3 is 14.9 Å². The van der Waals surface area contributed by atoms with Crippen LogP contribution >= 0.6 is 0 Å². The summed E-state index contributed by atoms with van der Waals surface area (Å²) >= 11 is 0. The third kappa shape index (κ3) is 3.94. The number of hydrogen-bond acceptors (Lipinski definition) is 4. The van der Waals surface area contributed by atoms with E-state index in [1.54, 1.807) is 24.5 Å². The molecule has 1 amide bonds. The molecule has 0 radical (unpaired) electrons. The van der Waals surface area contributed by atoms with Crippen molar-refractivity contribution in [3.63, 3.8) is 0 Å². The number of likely N-dealkylation sites (tertiary alicyclic amines) is 1. The molecular weight excluding hydrogens is 361 g/mol. The van der Waals surface area contributed by atoms with Gasteiger partial charge >= 0.3 is 0 Å². The van der Waals surface area contributed by atoms with Gasteiger partial charge in [0, 0.05) is 30.9 Å². The van der Waals surface area contributed by atoms with Gasteiger partial charge in [-0.3, -0.25) is 14.6 Å². The van der Waals surface area contributed by atoms with Gasteiger partial charge in [0.25, 0.3) is 11.7 Å². The number of ketones is 1. The molecule has 1 fully saturated rings. The zero-order chi connectivity index (χ0) is 20.3. The zero-order valence-corrected chi connectivity index (χ0v) is 15.9. The number of rotatable bonds is 6. The first-order chi connectivity index (χ1) is 13.4. The van der Waals surface area contributed by atoms with Crippen molar-refractivity contribution >= 4 is 17.4 Å². The molecule has 3 rings (SSSR count). The van der Waals surface area contributed by atoms with E-state index >= 15 is 0 Å². The van der Waals surface area contributed by atoms with E-state index in [4.69, 9.17) is 0 Å². The average molecular weight is 384 g/mol. The van der Waals surface area contributed by atoms with Gasteiger partial charge in [-0.25, -0.2) is 4.39 Å². The number of benzene rings is 1. The SMILES string of the molecule is C[NH+](C)CCCN1C(=O)C(=O)C(=C(O)c2ccc(F)cc2)[C@H]1c1cccnc1. The van der Waals surface area contributed by atoms with Crippen LogP contribution in [0.15, 0.2) is 54.4 Å². The van der Waals surface area contributed by atoms with Gasteiger partial charge in [-0.15, -0.1) is 0 Å². The minimum absolute atomic E-state index is 0.00167. The lowest BCUT2D eigenvalue weighted by Crippen LogP contribution is -3.05. The molecule has 2 N–H and O–H groups in total. The van der Waals surface area contributed by atoms with Crippen molar-refractivity contribution in [1.29, 1.82) is 0 Å². The number of carbonyl (C=O) groups excluding carboxylic acids is 2. The molecule has 0 aliphatic carbocycles. The van der Waals surface area contributed by atoms with Crippen LogP contribution in [0, 0.1) is 5.82 Å². The number of carbonyl (C=O) groups is 2. The lowest BCUT2D eigenvalue weighted by molar-refractivity contribution is -0.858. The minimum atomic E-state index is -0.743. The maximum atomic E-state index is 13.2. The van der Waals surface area contributed by atoms with Crippen molar-refractivity contribution < 1.29 is 24.0 Å². The average Bonchev–Trinajstić information content (AvgIpc) is 2.93. The molecule has 0 saturated carbocycles. The van der Waals surface area contributed by atoms with Crippen molar-refractivity contribution in [1.82, 2.24) is 9.88 Å². The monoisotopic (exact) mass is 384 g/mol. The second-order valence-corrected chi connectivity index (χ2v) is 7.10. The highest BCUT2D eigenvalue weighted by atomic mass is 19.1. The molecule has 2 aromatic rings. The smallest absolute Gasteiger partial charge is 0.295 e. The highest BCUT2D eigenvalue weighted by molar-refractivity contribution is 6.46. The maximum absolute atomic E-state index is 13.2. The molecule has 146 valence electrons. The molecular formula is C21H23FN3O3+. The van der Waals surface area contributed by atoms with Crippen LogP contribution in [-0.2, 0) is 9.59 Å². The molecule has 1 aromatic heterocycles. The number of aliphatic hydroxyl groups excluding tert-OH is 1. The summed E-state index contributed by atoms with van der Waals surface area (Å²) < 4.78 is 13.2. The Labute approximate surface area is 162 Å². The molecule has 0 unspecified atom stereocenters. The third-order valence-corrected chi connectivity index (χ3v) is 4.73. The van der Waals surface area contributed by atoms with Crippen LogP contribution in [-0.4, -0.2) is 53.9 Å². The number of nitrogens with zero attached hydrogens (tertiary/aromatic N) is 2. The Kier molecular flexibility index (Phi) is 5.84. The summed E-state index contributed by atoms with van der Waals surface area (Å²) in [6, 6.07) is 7.93. The molecule has 1 atom stereocenters. The molecule has 1 aliphatic rings. The normalized spacial score (nSPS) is 18.9. The van der Waals surface area contributed by atoms with Crippen LogP contribution in [0.5, 0.6) is 0 Å². The lowest BCUT2D eigenvalue weighted by atomic mass is 9.96. The van der Waals surface area contributed by atoms with Crippen molar-refractivity contribution in [2.45, 2.75) is 12.5 Å². The molecule has 0 bridgehead atoms. The van der Waals surface area contributed by atoms with E-state index in [-0.39, 0.29) is 16.9 Å². The summed E-state index contributed by atoms with van der Waals surface area (Å²) in [5.41, 5.74) is 0.926. The number of aromatic nitrogens is 1. The summed E-state index contributed by atoms with van der Waals surface area (Å²) in [6.07, 6.45) is 3.90. The maximum Gasteiger partial charge on any atom is 0.295 e. The zero-order valence-electron chi connectivity index (χ0n) is 15.9. The number of nitrogens with one attached hydrogen (secondary N) is 1. The number of hydrogen-bond donors (Lipinski definition) is 2. The highest BCUT2D eigenvalue weighted by Crippen LogP contribution is 2.39. The fourth-order valence-electron chi connectivity index (χ4n) is 3.36. The van der Waals surface area contributed by atoms with Gasteiger partial charge in [0.15, 0.2) is 0 Å². The van der Waals surface area contributed by atoms with Gasteiger partial charge in [-0.1, -0.05) is 6.07 Å². The Morgan fingerprint density at radius 3 is 2.54 bits per heavy atom. The van der Waals surface area contributed by atoms with Crippen molar-refractivity contribution in [2.24, 2.45) is 0 Å². The summed E-state index contributed by atoms with van der Waals surface area (Å²) in [7, 11) is 4.03. The van der Waals surface area contributed by atoms with Crippen molar-refractivity contribution in [3.05, 3.63) is 71.3 Å². The van der Waals surface area contributed by atoms with Crippen LogP contribution in [0.25, 0.3) is 5.76 Å². The topological polar surface area (TPSA) is 74.9 Å². The van der Waals surface area contributed by atoms with Gasteiger partial charge in [0.1, 0.15) is 11.6 Å². The van der Waals surface area contributed by atoms with Crippen molar-refractivity contribution in [3.8, 4) is 0 Å². The second kappa shape index (κ2) is 8.31. The number of quaternary nitrogens is 1. The largest absolute Gasteiger partial charge is 0.507 e. The van der Waals surface area contributed by atoms with E-state index in [1.165, 1.54) is 34.1 Å². The Balaban J connectivity index is 2.06. The summed E-state index contributed by atoms with van der Waals surface area (Å²) in [5.74, 6) is -2.15. The van der Waals surface area contributed by atoms with E-state index < -0.39 is 23.5 Å². The fourth-order valence-corrected chi connectivity index (χ4v) is 3.36. The van der Waals surface area contributed by atoms with Crippen LogP contribution in [0.4, 0.5) is 4.39 Å². The van der Waals surface area contributed by atoms with Crippen LogP contribution in [0.2, 0.25) is 0 Å². The molecule has 6 nitrogen and oxygen atoms in total. The van der Waals surface area contributed by atoms with E-state index in [0.29, 0.717) is 18.5 Å². The molecule has 1 aromatic carbocycles. The Bertz CT molecular complexity index is 895. The molecule has 1 aliphatic heterocycles. The quantitative estimate of drug-likeness (QED) is 0.446. The van der Waals surface area contributed by atoms with Gasteiger partial charge in [0.2, 0.25) is 0 Å². The second-order valence-electron chi connectivity index (χ2n) is 7.10. The fraction of sp³-hybridized carbons (Fsp3) is 0.286. The van der Waals surface area contributed by atoms with Crippen molar-refractivity contribution in [2.75, 3.05) is 27.2 Å². The first-order valence-corrected chi connectivity index (χ1v) is 9.13. The van der Waals surface area contributed by atoms with E-state index in [1.807, 2.05) is 14.1 Å². The molecule has 7 heteroatoms. The summed E-state index contributed by atoms with van der Waals surface area (Å²) in [6.45, 7) is 1.22. The van der Waals surface area contributed by atoms with E-state index in [2.05, 4.69) is 4.98 Å². The minimum Gasteiger partial charge on any atom is -0.507 e. The Morgan fingerprint density at radius 1 is 1.21 bits per heavy atom. The number of aliphatic hydroxyl groups is 1. The molecule has 28 heavy (non-hydrogen) atoms.